The van der Waals surface area contributed by atoms with Gasteiger partial charge in [0.15, 0.2) is 12.2 Å². The monoisotopic (exact) mass is 418 g/mol. The second kappa shape index (κ2) is 7.47. The molecule has 2 atom stereocenters. The number of ether oxygens (including phenoxy) is 4. The summed E-state index contributed by atoms with van der Waals surface area (Å²) in [6.07, 6.45) is -17.7. The van der Waals surface area contributed by atoms with Gasteiger partial charge in [0, 0.05) is 0 Å². The number of carboxylic acids is 1. The Morgan fingerprint density at radius 1 is 1.18 bits per heavy atom. The van der Waals surface area contributed by atoms with Crippen molar-refractivity contribution in [3.8, 4) is 5.75 Å². The Bertz CT molecular complexity index is 714. The van der Waals surface area contributed by atoms with Crippen molar-refractivity contribution in [1.82, 2.24) is 0 Å². The quantitative estimate of drug-likeness (QED) is 0.561. The van der Waals surface area contributed by atoms with Crippen molar-refractivity contribution >= 4 is 11.9 Å². The highest BCUT2D eigenvalue weighted by molar-refractivity contribution is 5.86. The number of esters is 1. The van der Waals surface area contributed by atoms with Gasteiger partial charge in [-0.3, -0.25) is 0 Å². The molecule has 0 spiro atoms. The predicted molar refractivity (Wildman–Crippen MR) is 75.0 cm³/mol. The number of methoxy groups -OCH3 is 1. The fourth-order valence-electron chi connectivity index (χ4n) is 2.24. The molecule has 0 amide bonds. The zero-order chi connectivity index (χ0) is 21.3. The molecule has 156 valence electrons. The molecule has 1 fully saturated rings. The van der Waals surface area contributed by atoms with Crippen LogP contribution in [0.25, 0.3) is 0 Å². The van der Waals surface area contributed by atoms with Crippen LogP contribution >= 0.6 is 0 Å². The number of halogens is 6. The summed E-state index contributed by atoms with van der Waals surface area (Å²) in [6.45, 7) is -0.556. The van der Waals surface area contributed by atoms with Gasteiger partial charge in [-0.25, -0.2) is 9.59 Å². The highest BCUT2D eigenvalue weighted by Gasteiger charge is 2.81. The first kappa shape index (κ1) is 21.8. The Labute approximate surface area is 152 Å². The molecule has 0 bridgehead atoms. The van der Waals surface area contributed by atoms with E-state index in [-0.39, 0.29) is 0 Å². The molecule has 0 unspecified atom stereocenters. The summed E-state index contributed by atoms with van der Waals surface area (Å²) < 4.78 is 94.5. The van der Waals surface area contributed by atoms with Crippen molar-refractivity contribution in [3.63, 3.8) is 0 Å². The molecule has 1 N–H and O–H groups in total. The molecule has 1 aromatic rings. The van der Waals surface area contributed by atoms with E-state index in [1.54, 1.807) is 0 Å². The van der Waals surface area contributed by atoms with E-state index in [0.29, 0.717) is 11.3 Å². The number of carbonyl (C=O) groups is 2. The van der Waals surface area contributed by atoms with Crippen LogP contribution in [-0.4, -0.2) is 54.5 Å². The van der Waals surface area contributed by atoms with Crippen LogP contribution in [-0.2, 0) is 30.4 Å². The van der Waals surface area contributed by atoms with Gasteiger partial charge in [-0.1, -0.05) is 12.1 Å². The van der Waals surface area contributed by atoms with E-state index < -0.39 is 48.9 Å². The predicted octanol–water partition coefficient (Wildman–Crippen LogP) is 2.43. The van der Waals surface area contributed by atoms with Crippen molar-refractivity contribution in [3.05, 3.63) is 29.8 Å². The van der Waals surface area contributed by atoms with Gasteiger partial charge in [0.2, 0.25) is 0 Å². The number of carbonyl (C=O) groups excluding carboxylic acids is 1. The largest absolute Gasteiger partial charge is 0.497 e. The molecule has 7 nitrogen and oxygen atoms in total. The third kappa shape index (κ3) is 3.99. The maximum absolute atomic E-state index is 12.9. The second-order valence-corrected chi connectivity index (χ2v) is 5.49. The smallest absolute Gasteiger partial charge is 0.465 e. The van der Waals surface area contributed by atoms with Gasteiger partial charge in [0.05, 0.1) is 13.7 Å². The van der Waals surface area contributed by atoms with Crippen molar-refractivity contribution in [2.45, 2.75) is 37.0 Å². The fraction of sp³-hybridized carbons (Fsp3) is 0.467. The van der Waals surface area contributed by atoms with Crippen LogP contribution in [0.1, 0.15) is 5.56 Å². The summed E-state index contributed by atoms with van der Waals surface area (Å²) in [5.74, 6) is -9.03. The van der Waals surface area contributed by atoms with Crippen LogP contribution in [0, 0.1) is 0 Å². The average molecular weight is 418 g/mol. The molecule has 1 aliphatic rings. The number of alkyl halides is 6. The van der Waals surface area contributed by atoms with Crippen LogP contribution in [0.4, 0.5) is 26.3 Å². The maximum atomic E-state index is 12.9. The minimum Gasteiger partial charge on any atom is -0.497 e. The molecule has 2 rings (SSSR count). The summed E-state index contributed by atoms with van der Waals surface area (Å²) >= 11 is 0. The number of rotatable bonds is 6. The van der Waals surface area contributed by atoms with E-state index in [1.165, 1.54) is 31.4 Å². The Morgan fingerprint density at radius 3 is 2.11 bits per heavy atom. The first-order chi connectivity index (χ1) is 12.8. The van der Waals surface area contributed by atoms with E-state index >= 15 is 0 Å². The van der Waals surface area contributed by atoms with E-state index in [4.69, 9.17) is 14.6 Å². The van der Waals surface area contributed by atoms with E-state index in [9.17, 15) is 35.9 Å². The minimum atomic E-state index is -6.20. The van der Waals surface area contributed by atoms with Crippen molar-refractivity contribution in [1.29, 1.82) is 0 Å². The fourth-order valence-corrected chi connectivity index (χ4v) is 2.24. The van der Waals surface area contributed by atoms with Crippen molar-refractivity contribution in [2.75, 3.05) is 7.11 Å². The van der Waals surface area contributed by atoms with Gasteiger partial charge in [0.25, 0.3) is 0 Å². The zero-order valence-corrected chi connectivity index (χ0v) is 13.8. The summed E-state index contributed by atoms with van der Waals surface area (Å²) in [5.41, 5.74) is 0.302. The Balaban J connectivity index is 2.23. The zero-order valence-electron chi connectivity index (χ0n) is 13.8. The molecule has 1 saturated heterocycles. The van der Waals surface area contributed by atoms with E-state index in [0.717, 1.165) is 0 Å². The number of aliphatic carboxylic acids is 1. The molecular formula is C15H12F6O7. The Hall–Kier alpha value is -2.54. The highest BCUT2D eigenvalue weighted by Crippen LogP contribution is 2.50. The van der Waals surface area contributed by atoms with Crippen LogP contribution in [0.15, 0.2) is 24.3 Å². The second-order valence-electron chi connectivity index (χ2n) is 5.49. The van der Waals surface area contributed by atoms with Crippen molar-refractivity contribution < 1.29 is 60.0 Å². The summed E-state index contributed by atoms with van der Waals surface area (Å²) in [6, 6.07) is 5.71. The molecule has 1 aliphatic heterocycles. The first-order valence-electron chi connectivity index (χ1n) is 7.34. The van der Waals surface area contributed by atoms with Gasteiger partial charge < -0.3 is 24.1 Å². The number of hydrogen-bond donors (Lipinski definition) is 1. The molecule has 1 heterocycles. The summed E-state index contributed by atoms with van der Waals surface area (Å²) in [4.78, 5) is 22.9. The normalized spacial score (nSPS) is 20.5. The van der Waals surface area contributed by atoms with E-state index in [2.05, 4.69) is 9.47 Å². The molecule has 0 aliphatic carbocycles. The Kier molecular flexibility index (Phi) is 5.80. The van der Waals surface area contributed by atoms with Crippen molar-refractivity contribution in [2.24, 2.45) is 0 Å². The summed E-state index contributed by atoms with van der Waals surface area (Å²) in [5, 5.41) is 9.09. The molecule has 1 aromatic carbocycles. The number of benzene rings is 1. The third-order valence-corrected chi connectivity index (χ3v) is 3.62. The number of hydrogen-bond acceptors (Lipinski definition) is 6. The molecule has 0 radical (unpaired) electrons. The lowest BCUT2D eigenvalue weighted by molar-refractivity contribution is -0.440. The van der Waals surface area contributed by atoms with Gasteiger partial charge in [-0.2, -0.15) is 26.3 Å². The standard InChI is InChI=1S/C15H12F6O7/c1-25-8-4-2-7(3-5-8)6-26-9(11(22)23)10-12(24)28-13(27-10,14(16,17)18)15(19,20)21/h2-5,9-10H,6H2,1H3,(H,22,23)/t9-,10-/m1/s1. The Morgan fingerprint density at radius 2 is 1.71 bits per heavy atom. The van der Waals surface area contributed by atoms with Crippen LogP contribution in [0.2, 0.25) is 0 Å². The first-order valence-corrected chi connectivity index (χ1v) is 7.34. The molecular weight excluding hydrogens is 406 g/mol. The lowest BCUT2D eigenvalue weighted by Gasteiger charge is -2.30. The van der Waals surface area contributed by atoms with E-state index in [1.807, 2.05) is 0 Å². The minimum absolute atomic E-state index is 0.302. The van der Waals surface area contributed by atoms with Gasteiger partial charge in [-0.05, 0) is 17.7 Å². The lowest BCUT2D eigenvalue weighted by Crippen LogP contribution is -2.58. The highest BCUT2D eigenvalue weighted by atomic mass is 19.4. The van der Waals surface area contributed by atoms with Gasteiger partial charge >= 0.3 is 30.1 Å². The van der Waals surface area contributed by atoms with Gasteiger partial charge in [0.1, 0.15) is 5.75 Å². The molecule has 0 saturated carbocycles. The summed E-state index contributed by atoms with van der Waals surface area (Å²) in [7, 11) is 1.38. The molecule has 13 heteroatoms. The lowest BCUT2D eigenvalue weighted by atomic mass is 10.2. The number of carboxylic acid groups (broad SMARTS) is 1. The molecule has 0 aromatic heterocycles. The molecule has 28 heavy (non-hydrogen) atoms. The van der Waals surface area contributed by atoms with Crippen LogP contribution < -0.4 is 4.74 Å². The number of cyclic esters (lactones) is 1. The maximum Gasteiger partial charge on any atom is 0.465 e. The van der Waals surface area contributed by atoms with Gasteiger partial charge in [-0.15, -0.1) is 0 Å². The van der Waals surface area contributed by atoms with Crippen LogP contribution in [0.3, 0.4) is 0 Å². The SMILES string of the molecule is COc1ccc(CO[C@@H](C(=O)O)[C@H]2OC(C(F)(F)F)(C(F)(F)F)OC2=O)cc1. The third-order valence-electron chi connectivity index (χ3n) is 3.62. The average Bonchev–Trinajstić information content (AvgIpc) is 2.94. The van der Waals surface area contributed by atoms with Crippen LogP contribution in [0.5, 0.6) is 5.75 Å². The topological polar surface area (TPSA) is 91.3 Å².